The number of methoxy groups -OCH3 is 1. The molecule has 4 N–H and O–H groups in total. The van der Waals surface area contributed by atoms with Gasteiger partial charge < -0.3 is 40.0 Å². The molecule has 254 valence electrons. The molecule has 14 heteroatoms. The number of benzene rings is 1. The van der Waals surface area contributed by atoms with Gasteiger partial charge >= 0.3 is 18.0 Å². The lowest BCUT2D eigenvalue weighted by atomic mass is 9.85. The third-order valence-corrected chi connectivity index (χ3v) is 8.14. The molecule has 1 saturated heterocycles. The lowest BCUT2D eigenvalue weighted by Gasteiger charge is -2.35. The number of hydrogen-bond acceptors (Lipinski definition) is 9. The molecule has 0 radical (unpaired) electrons. The number of nitrogens with zero attached hydrogens (tertiary/aromatic N) is 2. The predicted molar refractivity (Wildman–Crippen MR) is 169 cm³/mol. The van der Waals surface area contributed by atoms with Crippen molar-refractivity contribution >= 4 is 40.7 Å². The lowest BCUT2D eigenvalue weighted by molar-refractivity contribution is -0.146. The number of carboxylic acid groups (broad SMARTS) is 2. The zero-order valence-corrected chi connectivity index (χ0v) is 27.6. The zero-order valence-electron chi connectivity index (χ0n) is 27.6. The van der Waals surface area contributed by atoms with Gasteiger partial charge in [0.05, 0.1) is 19.2 Å². The molecule has 4 rings (SSSR count). The van der Waals surface area contributed by atoms with Crippen molar-refractivity contribution in [3.8, 4) is 11.5 Å². The van der Waals surface area contributed by atoms with Gasteiger partial charge in [0, 0.05) is 29.9 Å². The molecule has 5 atom stereocenters. The Labute approximate surface area is 272 Å². The van der Waals surface area contributed by atoms with Crippen molar-refractivity contribution in [1.82, 2.24) is 20.5 Å². The van der Waals surface area contributed by atoms with Crippen LogP contribution < -0.4 is 20.1 Å². The number of ether oxygens (including phenoxy) is 3. The van der Waals surface area contributed by atoms with Crippen molar-refractivity contribution in [2.75, 3.05) is 13.7 Å². The molecule has 3 amide bonds. The minimum absolute atomic E-state index is 0.0578. The number of pyridine rings is 1. The fourth-order valence-corrected chi connectivity index (χ4v) is 5.62. The molecule has 0 spiro atoms. The molecular weight excluding hydrogens is 612 g/mol. The van der Waals surface area contributed by atoms with E-state index in [-0.39, 0.29) is 30.8 Å². The van der Waals surface area contributed by atoms with Crippen molar-refractivity contribution in [3.63, 3.8) is 0 Å². The van der Waals surface area contributed by atoms with Crippen LogP contribution in [0.2, 0.25) is 0 Å². The van der Waals surface area contributed by atoms with E-state index in [0.717, 1.165) is 0 Å². The second kappa shape index (κ2) is 12.7. The fourth-order valence-electron chi connectivity index (χ4n) is 5.62. The van der Waals surface area contributed by atoms with Crippen molar-refractivity contribution in [3.05, 3.63) is 42.6 Å². The summed E-state index contributed by atoms with van der Waals surface area (Å²) in [6.07, 6.45) is -0.107. The Morgan fingerprint density at radius 1 is 1.11 bits per heavy atom. The molecule has 1 aromatic carbocycles. The lowest BCUT2D eigenvalue weighted by Crippen LogP contribution is -2.59. The van der Waals surface area contributed by atoms with E-state index in [1.165, 1.54) is 24.2 Å². The second-order valence-electron chi connectivity index (χ2n) is 13.9. The molecule has 2 fully saturated rings. The number of carbonyl (C=O) groups is 5. The van der Waals surface area contributed by atoms with E-state index in [2.05, 4.69) is 22.2 Å². The van der Waals surface area contributed by atoms with Crippen molar-refractivity contribution < 1.29 is 48.4 Å². The normalized spacial score (nSPS) is 23.0. The maximum Gasteiger partial charge on any atom is 0.408 e. The molecule has 0 bridgehead atoms. The largest absolute Gasteiger partial charge is 0.497 e. The number of rotatable bonds is 10. The number of nitrogens with one attached hydrogen (secondary N) is 2. The zero-order chi connectivity index (χ0) is 35.1. The van der Waals surface area contributed by atoms with Gasteiger partial charge in [0.1, 0.15) is 40.8 Å². The number of likely N-dealkylation sites (tertiary alicyclic amines) is 1. The van der Waals surface area contributed by atoms with Crippen LogP contribution in [0.3, 0.4) is 0 Å². The van der Waals surface area contributed by atoms with Crippen LogP contribution in [0.4, 0.5) is 4.79 Å². The third-order valence-electron chi connectivity index (χ3n) is 8.14. The van der Waals surface area contributed by atoms with Crippen LogP contribution in [-0.4, -0.2) is 92.9 Å². The summed E-state index contributed by atoms with van der Waals surface area (Å²) >= 11 is 0. The van der Waals surface area contributed by atoms with E-state index in [0.29, 0.717) is 16.7 Å². The number of aromatic carboxylic acids is 1. The van der Waals surface area contributed by atoms with Crippen LogP contribution in [0, 0.1) is 11.3 Å². The molecule has 1 unspecified atom stereocenters. The number of alkyl carbamates (subject to hydrolysis) is 1. The molecule has 1 aromatic heterocycles. The monoisotopic (exact) mass is 654 g/mol. The highest BCUT2D eigenvalue weighted by Gasteiger charge is 2.61. The summed E-state index contributed by atoms with van der Waals surface area (Å²) in [4.78, 5) is 70.4. The Morgan fingerprint density at radius 3 is 2.32 bits per heavy atom. The van der Waals surface area contributed by atoms with Gasteiger partial charge in [-0.05, 0) is 44.7 Å². The molecule has 2 aromatic rings. The Hall–Kier alpha value is -4.88. The first-order valence-electron chi connectivity index (χ1n) is 15.2. The summed E-state index contributed by atoms with van der Waals surface area (Å²) in [7, 11) is 1.46. The van der Waals surface area contributed by atoms with E-state index in [4.69, 9.17) is 14.2 Å². The van der Waals surface area contributed by atoms with Crippen LogP contribution in [0.25, 0.3) is 10.9 Å². The number of aliphatic carboxylic acids is 1. The maximum absolute atomic E-state index is 14.3. The number of fused-ring (bicyclic) bond motifs is 1. The van der Waals surface area contributed by atoms with Crippen LogP contribution >= 0.6 is 0 Å². The topological polar surface area (TPSA) is 194 Å². The van der Waals surface area contributed by atoms with Gasteiger partial charge in [-0.1, -0.05) is 26.8 Å². The first-order valence-corrected chi connectivity index (χ1v) is 15.2. The fraction of sp³-hybridized carbons (Fsp3) is 0.515. The molecule has 2 aliphatic rings. The Kier molecular flexibility index (Phi) is 9.47. The second-order valence-corrected chi connectivity index (χ2v) is 13.9. The number of aromatic nitrogens is 1. The maximum atomic E-state index is 14.3. The number of carboxylic acids is 2. The minimum Gasteiger partial charge on any atom is -0.497 e. The van der Waals surface area contributed by atoms with Crippen molar-refractivity contribution in [2.24, 2.45) is 11.3 Å². The Balaban J connectivity index is 1.70. The SMILES string of the molecule is C=C[C@H]1CC1(NC(=O)[C@@H]1C[C@@H](Oc2cc(C(=O)O)nc3cc(OC)ccc23)CN1C(=O)[C@@H](NC(=O)OC(C)(C)C)C(C)(C)C)C(=O)O. The van der Waals surface area contributed by atoms with Gasteiger partial charge in [0.2, 0.25) is 11.8 Å². The number of amides is 3. The van der Waals surface area contributed by atoms with Gasteiger partial charge in [-0.25, -0.2) is 19.4 Å². The number of hydrogen-bond donors (Lipinski definition) is 4. The van der Waals surface area contributed by atoms with Crippen LogP contribution in [0.1, 0.15) is 64.9 Å². The highest BCUT2D eigenvalue weighted by atomic mass is 16.6. The molecule has 1 aliphatic heterocycles. The first-order chi connectivity index (χ1) is 21.8. The Bertz CT molecular complexity index is 1610. The van der Waals surface area contributed by atoms with Crippen molar-refractivity contribution in [2.45, 2.75) is 83.7 Å². The van der Waals surface area contributed by atoms with E-state index in [9.17, 15) is 34.2 Å². The van der Waals surface area contributed by atoms with E-state index >= 15 is 0 Å². The summed E-state index contributed by atoms with van der Waals surface area (Å²) in [5.74, 6) is -3.72. The summed E-state index contributed by atoms with van der Waals surface area (Å²) in [5.41, 5.74) is -3.23. The summed E-state index contributed by atoms with van der Waals surface area (Å²) in [6.45, 7) is 13.8. The average molecular weight is 655 g/mol. The molecular formula is C33H42N4O10. The van der Waals surface area contributed by atoms with E-state index in [1.54, 1.807) is 59.7 Å². The summed E-state index contributed by atoms with van der Waals surface area (Å²) in [5, 5.41) is 25.4. The van der Waals surface area contributed by atoms with Crippen molar-refractivity contribution in [1.29, 1.82) is 0 Å². The molecule has 14 nitrogen and oxygen atoms in total. The highest BCUT2D eigenvalue weighted by Crippen LogP contribution is 2.45. The minimum atomic E-state index is -1.55. The van der Waals surface area contributed by atoms with Gasteiger partial charge in [0.15, 0.2) is 5.69 Å². The van der Waals surface area contributed by atoms with Crippen LogP contribution in [0.5, 0.6) is 11.5 Å². The van der Waals surface area contributed by atoms with Gasteiger partial charge in [-0.2, -0.15) is 0 Å². The van der Waals surface area contributed by atoms with Gasteiger partial charge in [-0.3, -0.25) is 9.59 Å². The highest BCUT2D eigenvalue weighted by molar-refractivity contribution is 5.97. The van der Waals surface area contributed by atoms with E-state index < -0.39 is 70.5 Å². The average Bonchev–Trinajstić information content (AvgIpc) is 3.53. The molecule has 1 aliphatic carbocycles. The molecule has 2 heterocycles. The quantitative estimate of drug-likeness (QED) is 0.275. The van der Waals surface area contributed by atoms with E-state index in [1.807, 2.05) is 0 Å². The standard InChI is InChI=1S/C33H42N4O10/c1-9-17-15-33(17,29(42)43)36-26(38)23-13-19(16-37(23)27(39)25(31(2,3)4)35-30(44)47-32(5,6)7)46-24-14-22(28(40)41)34-21-12-18(45-8)10-11-20(21)24/h9-12,14,17,19,23,25H,1,13,15-16H2,2-8H3,(H,35,44)(H,36,38)(H,40,41)(H,42,43)/t17-,19+,23-,25+,33?/m0/s1. The predicted octanol–water partition coefficient (Wildman–Crippen LogP) is 3.37. The summed E-state index contributed by atoms with van der Waals surface area (Å²) in [6, 6.07) is 3.80. The number of carbonyl (C=O) groups excluding carboxylic acids is 3. The summed E-state index contributed by atoms with van der Waals surface area (Å²) < 4.78 is 17.0. The van der Waals surface area contributed by atoms with Gasteiger partial charge in [0.25, 0.3) is 0 Å². The van der Waals surface area contributed by atoms with Crippen LogP contribution in [-0.2, 0) is 19.1 Å². The third kappa shape index (κ3) is 7.58. The molecule has 1 saturated carbocycles. The van der Waals surface area contributed by atoms with Gasteiger partial charge in [-0.15, -0.1) is 6.58 Å². The smallest absolute Gasteiger partial charge is 0.408 e. The molecule has 47 heavy (non-hydrogen) atoms. The van der Waals surface area contributed by atoms with Crippen LogP contribution in [0.15, 0.2) is 36.9 Å². The Morgan fingerprint density at radius 2 is 1.79 bits per heavy atom. The first kappa shape index (κ1) is 35.0.